The molecule has 0 spiro atoms. The van der Waals surface area contributed by atoms with E-state index in [2.05, 4.69) is 9.97 Å². The topological polar surface area (TPSA) is 46.0 Å². The first kappa shape index (κ1) is 12.9. The van der Waals surface area contributed by atoms with Crippen molar-refractivity contribution in [1.29, 1.82) is 0 Å². The number of nitrogens with zero attached hydrogens (tertiary/aromatic N) is 2. The fraction of sp³-hybridized carbons (Fsp3) is 0.467. The second-order valence-corrected chi connectivity index (χ2v) is 6.38. The molecule has 0 radical (unpaired) electrons. The third-order valence-corrected chi connectivity index (χ3v) is 5.00. The Hall–Kier alpha value is -1.13. The molecule has 1 aromatic carbocycles. The monoisotopic (exact) mass is 274 g/mol. The lowest BCUT2D eigenvalue weighted by Crippen LogP contribution is -2.19. The maximum absolute atomic E-state index is 9.50. The van der Waals surface area contributed by atoms with Gasteiger partial charge in [-0.25, -0.2) is 9.97 Å². The molecule has 1 heterocycles. The van der Waals surface area contributed by atoms with Gasteiger partial charge < -0.3 is 5.11 Å². The van der Waals surface area contributed by atoms with E-state index in [1.165, 1.54) is 0 Å². The van der Waals surface area contributed by atoms with Gasteiger partial charge in [-0.1, -0.05) is 18.2 Å². The van der Waals surface area contributed by atoms with Gasteiger partial charge in [-0.15, -0.1) is 0 Å². The van der Waals surface area contributed by atoms with E-state index in [9.17, 15) is 5.11 Å². The lowest BCUT2D eigenvalue weighted by molar-refractivity contribution is 0.132. The minimum atomic E-state index is -0.0752. The maximum Gasteiger partial charge on any atom is 0.138 e. The summed E-state index contributed by atoms with van der Waals surface area (Å²) in [6.07, 6.45) is 5.93. The number of hydrogen-bond donors (Lipinski definition) is 1. The Morgan fingerprint density at radius 3 is 2.79 bits per heavy atom. The number of aliphatic hydroxyl groups excluding tert-OH is 1. The van der Waals surface area contributed by atoms with Crippen molar-refractivity contribution in [2.45, 2.75) is 42.8 Å². The van der Waals surface area contributed by atoms with E-state index >= 15 is 0 Å². The lowest BCUT2D eigenvalue weighted by Gasteiger charge is -2.24. The van der Waals surface area contributed by atoms with Gasteiger partial charge in [0, 0.05) is 16.8 Å². The van der Waals surface area contributed by atoms with Gasteiger partial charge in [0.25, 0.3) is 0 Å². The molecule has 1 aromatic heterocycles. The molecular formula is C15H18N2OS. The van der Waals surface area contributed by atoms with Crippen LogP contribution in [0, 0.1) is 0 Å². The minimum absolute atomic E-state index is 0.0752. The molecule has 2 aromatic rings. The van der Waals surface area contributed by atoms with Crippen molar-refractivity contribution in [3.63, 3.8) is 0 Å². The highest BCUT2D eigenvalue weighted by molar-refractivity contribution is 7.99. The second-order valence-electron chi connectivity index (χ2n) is 5.09. The zero-order valence-electron chi connectivity index (χ0n) is 10.8. The third-order valence-electron chi connectivity index (χ3n) is 3.63. The van der Waals surface area contributed by atoms with Gasteiger partial charge in [-0.05, 0) is 31.7 Å². The number of para-hydroxylation sites is 1. The average molecular weight is 274 g/mol. The van der Waals surface area contributed by atoms with Gasteiger partial charge in [0.05, 0.1) is 17.4 Å². The number of benzene rings is 1. The predicted molar refractivity (Wildman–Crippen MR) is 79.1 cm³/mol. The molecule has 1 N–H and O–H groups in total. The summed E-state index contributed by atoms with van der Waals surface area (Å²) in [5.74, 6) is 1.78. The van der Waals surface area contributed by atoms with Crippen LogP contribution in [0.2, 0.25) is 0 Å². The van der Waals surface area contributed by atoms with Gasteiger partial charge in [-0.3, -0.25) is 0 Å². The normalized spacial score (nSPS) is 23.6. The molecule has 19 heavy (non-hydrogen) atoms. The fourth-order valence-corrected chi connectivity index (χ4v) is 3.61. The number of hydrogen-bond acceptors (Lipinski definition) is 4. The van der Waals surface area contributed by atoms with Crippen molar-refractivity contribution in [2.24, 2.45) is 0 Å². The average Bonchev–Trinajstić information content (AvgIpc) is 2.46. The standard InChI is InChI=1S/C15H18N2OS/c18-12-5-7-13(8-6-12)19-10-15-16-9-11-3-1-2-4-14(11)17-15/h1-4,9,12-13,18H,5-8,10H2. The van der Waals surface area contributed by atoms with Crippen molar-refractivity contribution < 1.29 is 5.11 Å². The van der Waals surface area contributed by atoms with E-state index < -0.39 is 0 Å². The fourth-order valence-electron chi connectivity index (χ4n) is 2.48. The summed E-state index contributed by atoms with van der Waals surface area (Å²) in [4.78, 5) is 9.02. The highest BCUT2D eigenvalue weighted by Crippen LogP contribution is 2.30. The van der Waals surface area contributed by atoms with Crippen molar-refractivity contribution in [3.05, 3.63) is 36.3 Å². The van der Waals surface area contributed by atoms with E-state index in [1.807, 2.05) is 42.2 Å². The number of rotatable bonds is 3. The van der Waals surface area contributed by atoms with Crippen LogP contribution in [0.15, 0.2) is 30.5 Å². The first-order chi connectivity index (χ1) is 9.31. The summed E-state index contributed by atoms with van der Waals surface area (Å²) in [7, 11) is 0. The van der Waals surface area contributed by atoms with Crippen LogP contribution in [0.1, 0.15) is 31.5 Å². The largest absolute Gasteiger partial charge is 0.393 e. The molecule has 4 heteroatoms. The Kier molecular flexibility index (Phi) is 3.99. The van der Waals surface area contributed by atoms with Crippen molar-refractivity contribution >= 4 is 22.7 Å². The van der Waals surface area contributed by atoms with Crippen LogP contribution in [0.4, 0.5) is 0 Å². The van der Waals surface area contributed by atoms with Gasteiger partial charge in [0.2, 0.25) is 0 Å². The van der Waals surface area contributed by atoms with Crippen LogP contribution >= 0.6 is 11.8 Å². The minimum Gasteiger partial charge on any atom is -0.393 e. The molecule has 1 fully saturated rings. The number of aromatic nitrogens is 2. The summed E-state index contributed by atoms with van der Waals surface area (Å²) in [6, 6.07) is 8.08. The summed E-state index contributed by atoms with van der Waals surface area (Å²) in [6.45, 7) is 0. The van der Waals surface area contributed by atoms with Gasteiger partial charge in [0.15, 0.2) is 0 Å². The van der Waals surface area contributed by atoms with Crippen molar-refractivity contribution in [1.82, 2.24) is 9.97 Å². The SMILES string of the molecule is OC1CCC(SCc2ncc3ccccc3n2)CC1. The molecule has 0 amide bonds. The Balaban J connectivity index is 1.62. The highest BCUT2D eigenvalue weighted by atomic mass is 32.2. The highest BCUT2D eigenvalue weighted by Gasteiger charge is 2.19. The predicted octanol–water partition coefficient (Wildman–Crippen LogP) is 3.17. The second kappa shape index (κ2) is 5.88. The number of thioether (sulfide) groups is 1. The molecular weight excluding hydrogens is 256 g/mol. The number of fused-ring (bicyclic) bond motifs is 1. The molecule has 1 saturated carbocycles. The van der Waals surface area contributed by atoms with Gasteiger partial charge in [-0.2, -0.15) is 11.8 Å². The zero-order chi connectivity index (χ0) is 13.1. The van der Waals surface area contributed by atoms with Gasteiger partial charge in [0.1, 0.15) is 5.82 Å². The maximum atomic E-state index is 9.50. The zero-order valence-corrected chi connectivity index (χ0v) is 11.6. The van der Waals surface area contributed by atoms with Crippen LogP contribution in [-0.4, -0.2) is 26.4 Å². The van der Waals surface area contributed by atoms with E-state index in [0.717, 1.165) is 48.2 Å². The van der Waals surface area contributed by atoms with E-state index in [-0.39, 0.29) is 6.10 Å². The van der Waals surface area contributed by atoms with Crippen molar-refractivity contribution in [3.8, 4) is 0 Å². The first-order valence-electron chi connectivity index (χ1n) is 6.81. The van der Waals surface area contributed by atoms with Crippen molar-refractivity contribution in [2.75, 3.05) is 0 Å². The molecule has 1 aliphatic carbocycles. The van der Waals surface area contributed by atoms with Crippen LogP contribution in [0.5, 0.6) is 0 Å². The molecule has 3 nitrogen and oxygen atoms in total. The van der Waals surface area contributed by atoms with Gasteiger partial charge >= 0.3 is 0 Å². The Morgan fingerprint density at radius 2 is 1.95 bits per heavy atom. The Labute approximate surface area is 117 Å². The van der Waals surface area contributed by atoms with E-state index in [4.69, 9.17) is 0 Å². The lowest BCUT2D eigenvalue weighted by atomic mass is 9.97. The quantitative estimate of drug-likeness (QED) is 0.934. The number of aliphatic hydroxyl groups is 1. The summed E-state index contributed by atoms with van der Waals surface area (Å²) >= 11 is 1.92. The molecule has 0 bridgehead atoms. The Morgan fingerprint density at radius 1 is 1.16 bits per heavy atom. The summed E-state index contributed by atoms with van der Waals surface area (Å²) in [5.41, 5.74) is 1.02. The molecule has 0 aliphatic heterocycles. The van der Waals surface area contributed by atoms with Crippen LogP contribution < -0.4 is 0 Å². The smallest absolute Gasteiger partial charge is 0.138 e. The molecule has 100 valence electrons. The molecule has 0 atom stereocenters. The summed E-state index contributed by atoms with van der Waals surface area (Å²) in [5, 5.41) is 11.2. The molecule has 0 unspecified atom stereocenters. The van der Waals surface area contributed by atoms with Crippen LogP contribution in [0.3, 0.4) is 0 Å². The summed E-state index contributed by atoms with van der Waals surface area (Å²) < 4.78 is 0. The molecule has 1 aliphatic rings. The first-order valence-corrected chi connectivity index (χ1v) is 7.86. The van der Waals surface area contributed by atoms with E-state index in [1.54, 1.807) is 0 Å². The van der Waals surface area contributed by atoms with Crippen LogP contribution in [0.25, 0.3) is 10.9 Å². The Bertz CT molecular complexity index is 553. The molecule has 3 rings (SSSR count). The van der Waals surface area contributed by atoms with Crippen LogP contribution in [-0.2, 0) is 5.75 Å². The van der Waals surface area contributed by atoms with E-state index in [0.29, 0.717) is 5.25 Å². The third kappa shape index (κ3) is 3.25. The molecule has 0 saturated heterocycles.